The molecule has 1 heterocycles. The Hall–Kier alpha value is -1.93. The van der Waals surface area contributed by atoms with Crippen LogP contribution in [-0.2, 0) is 6.42 Å². The fraction of sp³-hybridized carbons (Fsp3) is 0.188. The zero-order valence-electron chi connectivity index (χ0n) is 10.9. The number of nitrogens with zero attached hydrogens (tertiary/aromatic N) is 1. The van der Waals surface area contributed by atoms with Gasteiger partial charge in [0, 0.05) is 23.9 Å². The summed E-state index contributed by atoms with van der Waals surface area (Å²) in [6.07, 6.45) is 10.1. The third-order valence-corrected chi connectivity index (χ3v) is 2.64. The van der Waals surface area contributed by atoms with Crippen LogP contribution in [0.2, 0.25) is 0 Å². The normalized spacial score (nSPS) is 12.3. The zero-order valence-corrected chi connectivity index (χ0v) is 10.9. The predicted octanol–water partition coefficient (Wildman–Crippen LogP) is 3.28. The molecule has 0 saturated carbocycles. The van der Waals surface area contributed by atoms with Crippen LogP contribution in [0, 0.1) is 0 Å². The van der Waals surface area contributed by atoms with Gasteiger partial charge in [0.15, 0.2) is 0 Å². The number of nitrogens with two attached hydrogens (primary N) is 1. The highest BCUT2D eigenvalue weighted by Gasteiger charge is 2.08. The smallest absolute Gasteiger partial charge is 0.0494 e. The standard InChI is InChI=1S/C16H20N2/c1-4-7-13(3)14(8-5-2)15-9-6-12-18-16(15)10-11-17/h4-9,12H,1-2,10-11,17H2,3H3/b13-7-,14-8+. The van der Waals surface area contributed by atoms with Gasteiger partial charge in [0.1, 0.15) is 0 Å². The summed E-state index contributed by atoms with van der Waals surface area (Å²) < 4.78 is 0. The average Bonchev–Trinajstić information content (AvgIpc) is 2.37. The third-order valence-electron chi connectivity index (χ3n) is 2.64. The van der Waals surface area contributed by atoms with Gasteiger partial charge in [-0.15, -0.1) is 0 Å². The number of hydrogen-bond acceptors (Lipinski definition) is 2. The average molecular weight is 240 g/mol. The van der Waals surface area contributed by atoms with E-state index in [0.717, 1.165) is 28.8 Å². The molecule has 18 heavy (non-hydrogen) atoms. The Morgan fingerprint density at radius 3 is 2.67 bits per heavy atom. The first-order valence-electron chi connectivity index (χ1n) is 6.01. The first-order chi connectivity index (χ1) is 8.74. The van der Waals surface area contributed by atoms with Crippen molar-refractivity contribution >= 4 is 5.57 Å². The van der Waals surface area contributed by atoms with Gasteiger partial charge in [-0.2, -0.15) is 0 Å². The van der Waals surface area contributed by atoms with Gasteiger partial charge in [-0.05, 0) is 30.7 Å². The number of pyridine rings is 1. The molecule has 1 aromatic rings. The van der Waals surface area contributed by atoms with Crippen LogP contribution < -0.4 is 5.73 Å². The summed E-state index contributed by atoms with van der Waals surface area (Å²) in [5.74, 6) is 0. The van der Waals surface area contributed by atoms with Crippen LogP contribution in [0.25, 0.3) is 5.57 Å². The second-order valence-electron chi connectivity index (χ2n) is 3.94. The van der Waals surface area contributed by atoms with E-state index in [4.69, 9.17) is 5.73 Å². The topological polar surface area (TPSA) is 38.9 Å². The minimum absolute atomic E-state index is 0.593. The summed E-state index contributed by atoms with van der Waals surface area (Å²) in [5.41, 5.74) is 10.0. The van der Waals surface area contributed by atoms with Crippen LogP contribution in [0.1, 0.15) is 18.2 Å². The molecule has 0 saturated heterocycles. The van der Waals surface area contributed by atoms with Crippen molar-refractivity contribution in [2.45, 2.75) is 13.3 Å². The monoisotopic (exact) mass is 240 g/mol. The van der Waals surface area contributed by atoms with Gasteiger partial charge in [-0.25, -0.2) is 0 Å². The van der Waals surface area contributed by atoms with Gasteiger partial charge < -0.3 is 5.73 Å². The molecule has 0 fully saturated rings. The van der Waals surface area contributed by atoms with Gasteiger partial charge in [0.2, 0.25) is 0 Å². The molecule has 0 radical (unpaired) electrons. The molecule has 0 aliphatic heterocycles. The Bertz CT molecular complexity index is 482. The largest absolute Gasteiger partial charge is 0.330 e. The molecule has 0 aromatic carbocycles. The lowest BCUT2D eigenvalue weighted by Crippen LogP contribution is -2.07. The maximum absolute atomic E-state index is 5.63. The molecule has 94 valence electrons. The molecule has 2 N–H and O–H groups in total. The number of aromatic nitrogens is 1. The molecular weight excluding hydrogens is 220 g/mol. The van der Waals surface area contributed by atoms with E-state index in [1.165, 1.54) is 0 Å². The van der Waals surface area contributed by atoms with Gasteiger partial charge in [0.05, 0.1) is 0 Å². The Labute approximate surface area is 109 Å². The Morgan fingerprint density at radius 1 is 1.33 bits per heavy atom. The second kappa shape index (κ2) is 7.41. The van der Waals surface area contributed by atoms with Crippen LogP contribution >= 0.6 is 0 Å². The highest BCUT2D eigenvalue weighted by molar-refractivity contribution is 5.80. The molecule has 0 aliphatic rings. The summed E-state index contributed by atoms with van der Waals surface area (Å²) >= 11 is 0. The third kappa shape index (κ3) is 3.54. The van der Waals surface area contributed by atoms with Crippen molar-refractivity contribution in [2.24, 2.45) is 5.73 Å². The number of allylic oxidation sites excluding steroid dienone is 6. The molecule has 2 heteroatoms. The molecule has 0 atom stereocenters. The van der Waals surface area contributed by atoms with E-state index in [0.29, 0.717) is 6.54 Å². The summed E-state index contributed by atoms with van der Waals surface area (Å²) in [4.78, 5) is 4.41. The van der Waals surface area contributed by atoms with E-state index in [1.807, 2.05) is 18.2 Å². The lowest BCUT2D eigenvalue weighted by atomic mass is 9.95. The quantitative estimate of drug-likeness (QED) is 0.775. The molecule has 1 aromatic heterocycles. The van der Waals surface area contributed by atoms with Crippen molar-refractivity contribution in [3.63, 3.8) is 0 Å². The fourth-order valence-corrected chi connectivity index (χ4v) is 1.84. The molecule has 0 bridgehead atoms. The van der Waals surface area contributed by atoms with E-state index in [1.54, 1.807) is 18.3 Å². The van der Waals surface area contributed by atoms with Gasteiger partial charge in [0.25, 0.3) is 0 Å². The summed E-state index contributed by atoms with van der Waals surface area (Å²) in [7, 11) is 0. The van der Waals surface area contributed by atoms with Crippen LogP contribution in [0.5, 0.6) is 0 Å². The molecule has 2 nitrogen and oxygen atoms in total. The fourth-order valence-electron chi connectivity index (χ4n) is 1.84. The summed E-state index contributed by atoms with van der Waals surface area (Å²) in [5, 5.41) is 0. The first kappa shape index (κ1) is 14.1. The minimum Gasteiger partial charge on any atom is -0.330 e. The van der Waals surface area contributed by atoms with Gasteiger partial charge >= 0.3 is 0 Å². The van der Waals surface area contributed by atoms with Crippen molar-refractivity contribution in [1.29, 1.82) is 0 Å². The maximum atomic E-state index is 5.63. The van der Waals surface area contributed by atoms with Crippen molar-refractivity contribution in [3.8, 4) is 0 Å². The molecule has 0 amide bonds. The zero-order chi connectivity index (χ0) is 13.4. The molecule has 1 rings (SSSR count). The number of rotatable bonds is 6. The Balaban J connectivity index is 3.30. The van der Waals surface area contributed by atoms with Crippen LogP contribution in [0.15, 0.2) is 61.4 Å². The van der Waals surface area contributed by atoms with Crippen molar-refractivity contribution in [2.75, 3.05) is 6.54 Å². The van der Waals surface area contributed by atoms with E-state index >= 15 is 0 Å². The first-order valence-corrected chi connectivity index (χ1v) is 6.01. The van der Waals surface area contributed by atoms with Gasteiger partial charge in [-0.1, -0.05) is 43.5 Å². The molecular formula is C16H20N2. The van der Waals surface area contributed by atoms with Crippen LogP contribution in [0.3, 0.4) is 0 Å². The highest BCUT2D eigenvalue weighted by atomic mass is 14.7. The molecule has 0 unspecified atom stereocenters. The van der Waals surface area contributed by atoms with E-state index in [2.05, 4.69) is 31.1 Å². The lowest BCUT2D eigenvalue weighted by molar-refractivity contribution is 0.918. The molecule has 0 spiro atoms. The SMILES string of the molecule is C=C/C=C(C)\C(=C/C=C)c1cccnc1CCN. The van der Waals surface area contributed by atoms with Gasteiger partial charge in [-0.3, -0.25) is 4.98 Å². The maximum Gasteiger partial charge on any atom is 0.0494 e. The van der Waals surface area contributed by atoms with Crippen LogP contribution in [-0.4, -0.2) is 11.5 Å². The Kier molecular flexibility index (Phi) is 5.81. The van der Waals surface area contributed by atoms with Crippen molar-refractivity contribution in [1.82, 2.24) is 4.98 Å². The summed E-state index contributed by atoms with van der Waals surface area (Å²) in [6, 6.07) is 4.00. The van der Waals surface area contributed by atoms with Crippen molar-refractivity contribution in [3.05, 3.63) is 72.6 Å². The minimum atomic E-state index is 0.593. The van der Waals surface area contributed by atoms with Crippen molar-refractivity contribution < 1.29 is 0 Å². The van der Waals surface area contributed by atoms with E-state index in [9.17, 15) is 0 Å². The number of hydrogen-bond donors (Lipinski definition) is 1. The predicted molar refractivity (Wildman–Crippen MR) is 79.1 cm³/mol. The second-order valence-corrected chi connectivity index (χ2v) is 3.94. The Morgan fingerprint density at radius 2 is 2.06 bits per heavy atom. The lowest BCUT2D eigenvalue weighted by Gasteiger charge is -2.12. The van der Waals surface area contributed by atoms with Crippen LogP contribution in [0.4, 0.5) is 0 Å². The highest BCUT2D eigenvalue weighted by Crippen LogP contribution is 2.25. The summed E-state index contributed by atoms with van der Waals surface area (Å²) in [6.45, 7) is 10.1. The van der Waals surface area contributed by atoms with E-state index < -0.39 is 0 Å². The van der Waals surface area contributed by atoms with E-state index in [-0.39, 0.29) is 0 Å². The molecule has 0 aliphatic carbocycles.